The smallest absolute Gasteiger partial charge is 0.282 e. The Kier molecular flexibility index (Phi) is 4.22. The molecule has 0 aromatic rings. The molecule has 2 aliphatic rings. The zero-order valence-corrected chi connectivity index (χ0v) is 11.9. The molecule has 0 aliphatic carbocycles. The third kappa shape index (κ3) is 2.76. The highest BCUT2D eigenvalue weighted by molar-refractivity contribution is 14.1. The van der Waals surface area contributed by atoms with Crippen LogP contribution in [0.15, 0.2) is 9.66 Å². The summed E-state index contributed by atoms with van der Waals surface area (Å²) in [5, 5.41) is 0. The van der Waals surface area contributed by atoms with Gasteiger partial charge in [0.15, 0.2) is 0 Å². The van der Waals surface area contributed by atoms with Crippen molar-refractivity contribution in [1.82, 2.24) is 8.61 Å². The second-order valence-corrected chi connectivity index (χ2v) is 7.09. The Bertz CT molecular complexity index is 376. The van der Waals surface area contributed by atoms with Gasteiger partial charge in [0.05, 0.1) is 13.2 Å². The average molecular weight is 358 g/mol. The van der Waals surface area contributed by atoms with Gasteiger partial charge in [-0.3, -0.25) is 0 Å². The fraction of sp³-hybridized carbons (Fsp3) is 0.778. The summed E-state index contributed by atoms with van der Waals surface area (Å²) in [5.41, 5.74) is 0. The Labute approximate surface area is 110 Å². The van der Waals surface area contributed by atoms with Crippen LogP contribution >= 0.6 is 22.6 Å². The molecule has 0 amide bonds. The highest BCUT2D eigenvalue weighted by atomic mass is 127. The molecule has 0 aromatic carbocycles. The zero-order chi connectivity index (χ0) is 11.6. The molecule has 16 heavy (non-hydrogen) atoms. The number of nitrogens with zero attached hydrogens (tertiary/aromatic N) is 2. The van der Waals surface area contributed by atoms with Crippen LogP contribution in [0.25, 0.3) is 0 Å². The second-order valence-electron chi connectivity index (χ2n) is 3.78. The Morgan fingerprint density at radius 3 is 2.44 bits per heavy atom. The van der Waals surface area contributed by atoms with Crippen molar-refractivity contribution >= 4 is 32.8 Å². The highest BCUT2D eigenvalue weighted by Crippen LogP contribution is 2.21. The number of ether oxygens (including phenoxy) is 1. The van der Waals surface area contributed by atoms with Crippen molar-refractivity contribution in [3.63, 3.8) is 0 Å². The summed E-state index contributed by atoms with van der Waals surface area (Å²) in [5.74, 6) is 0. The molecule has 5 nitrogen and oxygen atoms in total. The SMILES string of the molecule is O=S(=O)(N1CC=C(I)CC1)N1CCOCC1. The van der Waals surface area contributed by atoms with Crippen LogP contribution < -0.4 is 0 Å². The van der Waals surface area contributed by atoms with Crippen LogP contribution in [0.1, 0.15) is 6.42 Å². The maximum atomic E-state index is 12.2. The Hall–Kier alpha value is 0.300. The Morgan fingerprint density at radius 2 is 1.88 bits per heavy atom. The lowest BCUT2D eigenvalue weighted by atomic mass is 10.3. The highest BCUT2D eigenvalue weighted by Gasteiger charge is 2.31. The molecule has 0 saturated carbocycles. The van der Waals surface area contributed by atoms with Crippen LogP contribution in [0.5, 0.6) is 0 Å². The van der Waals surface area contributed by atoms with E-state index >= 15 is 0 Å². The van der Waals surface area contributed by atoms with Gasteiger partial charge in [-0.25, -0.2) is 0 Å². The molecule has 0 spiro atoms. The maximum absolute atomic E-state index is 12.2. The van der Waals surface area contributed by atoms with Crippen molar-refractivity contribution in [3.8, 4) is 0 Å². The molecule has 1 saturated heterocycles. The first kappa shape index (κ1) is 12.7. The van der Waals surface area contributed by atoms with Gasteiger partial charge in [-0.05, 0) is 32.6 Å². The van der Waals surface area contributed by atoms with Gasteiger partial charge in [-0.15, -0.1) is 0 Å². The number of halogens is 1. The minimum absolute atomic E-state index is 0.472. The van der Waals surface area contributed by atoms with Gasteiger partial charge in [0, 0.05) is 26.2 Å². The first-order valence-corrected chi connectivity index (χ1v) is 7.76. The van der Waals surface area contributed by atoms with Crippen molar-refractivity contribution in [2.24, 2.45) is 0 Å². The molecule has 1 fully saturated rings. The first-order valence-electron chi connectivity index (χ1n) is 5.28. The molecule has 0 radical (unpaired) electrons. The van der Waals surface area contributed by atoms with E-state index in [4.69, 9.17) is 4.74 Å². The summed E-state index contributed by atoms with van der Waals surface area (Å²) in [6.45, 7) is 3.03. The van der Waals surface area contributed by atoms with E-state index in [2.05, 4.69) is 22.6 Å². The number of hydrogen-bond acceptors (Lipinski definition) is 3. The van der Waals surface area contributed by atoms with Gasteiger partial charge in [0.1, 0.15) is 0 Å². The molecule has 0 aromatic heterocycles. The van der Waals surface area contributed by atoms with E-state index in [0.717, 1.165) is 6.42 Å². The molecule has 92 valence electrons. The monoisotopic (exact) mass is 358 g/mol. The van der Waals surface area contributed by atoms with E-state index in [-0.39, 0.29) is 0 Å². The van der Waals surface area contributed by atoms with Gasteiger partial charge >= 0.3 is 0 Å². The largest absolute Gasteiger partial charge is 0.379 e. The fourth-order valence-corrected chi connectivity index (χ4v) is 3.74. The van der Waals surface area contributed by atoms with E-state index < -0.39 is 10.2 Å². The minimum Gasteiger partial charge on any atom is -0.379 e. The van der Waals surface area contributed by atoms with E-state index in [1.54, 1.807) is 4.31 Å². The average Bonchev–Trinajstić information content (AvgIpc) is 2.31. The Balaban J connectivity index is 2.06. The third-order valence-corrected chi connectivity index (χ3v) is 5.72. The number of morpholine rings is 1. The second kappa shape index (κ2) is 5.30. The van der Waals surface area contributed by atoms with Crippen LogP contribution in [0.2, 0.25) is 0 Å². The minimum atomic E-state index is -3.27. The normalized spacial score (nSPS) is 25.4. The van der Waals surface area contributed by atoms with Gasteiger partial charge in [0.2, 0.25) is 0 Å². The van der Waals surface area contributed by atoms with Crippen LogP contribution in [-0.4, -0.2) is 56.4 Å². The van der Waals surface area contributed by atoms with E-state index in [9.17, 15) is 8.42 Å². The van der Waals surface area contributed by atoms with E-state index in [0.29, 0.717) is 39.4 Å². The summed E-state index contributed by atoms with van der Waals surface area (Å²) in [7, 11) is -3.27. The Morgan fingerprint density at radius 1 is 1.19 bits per heavy atom. The van der Waals surface area contributed by atoms with Crippen molar-refractivity contribution in [1.29, 1.82) is 0 Å². The molecule has 0 N–H and O–H groups in total. The van der Waals surface area contributed by atoms with Crippen LogP contribution in [0, 0.1) is 0 Å². The van der Waals surface area contributed by atoms with Crippen molar-refractivity contribution in [2.45, 2.75) is 6.42 Å². The van der Waals surface area contributed by atoms with Crippen molar-refractivity contribution < 1.29 is 13.2 Å². The molecule has 2 rings (SSSR count). The lowest BCUT2D eigenvalue weighted by Gasteiger charge is -2.32. The molecule has 7 heteroatoms. The van der Waals surface area contributed by atoms with Gasteiger partial charge in [-0.2, -0.15) is 17.0 Å². The predicted molar refractivity (Wildman–Crippen MR) is 69.6 cm³/mol. The van der Waals surface area contributed by atoms with Crippen LogP contribution in [0.4, 0.5) is 0 Å². The maximum Gasteiger partial charge on any atom is 0.282 e. The van der Waals surface area contributed by atoms with Crippen LogP contribution in [-0.2, 0) is 14.9 Å². The van der Waals surface area contributed by atoms with Gasteiger partial charge in [0.25, 0.3) is 10.2 Å². The summed E-state index contributed by atoms with van der Waals surface area (Å²) >= 11 is 2.26. The summed E-state index contributed by atoms with van der Waals surface area (Å²) in [4.78, 5) is 0. The fourth-order valence-electron chi connectivity index (χ4n) is 1.78. The van der Waals surface area contributed by atoms with E-state index in [1.807, 2.05) is 6.08 Å². The molecule has 0 atom stereocenters. The predicted octanol–water partition coefficient (Wildman–Crippen LogP) is 0.588. The van der Waals surface area contributed by atoms with Crippen LogP contribution in [0.3, 0.4) is 0 Å². The number of rotatable bonds is 2. The standard InChI is InChI=1S/C9H15IN2O3S/c10-9-1-3-11(4-2-9)16(13,14)12-5-7-15-8-6-12/h1H,2-8H2. The summed E-state index contributed by atoms with van der Waals surface area (Å²) in [6, 6.07) is 0. The number of hydrogen-bond donors (Lipinski definition) is 0. The van der Waals surface area contributed by atoms with Gasteiger partial charge < -0.3 is 4.74 Å². The van der Waals surface area contributed by atoms with Gasteiger partial charge in [-0.1, -0.05) is 6.08 Å². The molecule has 0 unspecified atom stereocenters. The molecule has 2 heterocycles. The molecular formula is C9H15IN2O3S. The quantitative estimate of drug-likeness (QED) is 0.679. The molecular weight excluding hydrogens is 343 g/mol. The molecule has 0 bridgehead atoms. The third-order valence-electron chi connectivity index (χ3n) is 2.74. The lowest BCUT2D eigenvalue weighted by Crippen LogP contribution is -2.49. The topological polar surface area (TPSA) is 49.9 Å². The summed E-state index contributed by atoms with van der Waals surface area (Å²) in [6.07, 6.45) is 2.80. The first-order chi connectivity index (χ1) is 7.60. The zero-order valence-electron chi connectivity index (χ0n) is 8.93. The molecule has 2 aliphatic heterocycles. The van der Waals surface area contributed by atoms with Crippen molar-refractivity contribution in [3.05, 3.63) is 9.66 Å². The van der Waals surface area contributed by atoms with E-state index in [1.165, 1.54) is 7.89 Å². The summed E-state index contributed by atoms with van der Waals surface area (Å²) < 4.78 is 33.9. The lowest BCUT2D eigenvalue weighted by molar-refractivity contribution is 0.0703. The van der Waals surface area contributed by atoms with Crippen molar-refractivity contribution in [2.75, 3.05) is 39.4 Å².